The second-order valence-corrected chi connectivity index (χ2v) is 7.08. The van der Waals surface area contributed by atoms with E-state index in [0.717, 1.165) is 37.2 Å². The maximum atomic E-state index is 12.5. The highest BCUT2D eigenvalue weighted by Gasteiger charge is 2.43. The van der Waals surface area contributed by atoms with E-state index in [0.29, 0.717) is 11.8 Å². The van der Waals surface area contributed by atoms with E-state index in [1.54, 1.807) is 11.3 Å². The number of rotatable bonds is 2. The van der Waals surface area contributed by atoms with Crippen LogP contribution in [0.3, 0.4) is 0 Å². The topological polar surface area (TPSA) is 40.5 Å². The maximum Gasteiger partial charge on any atom is 0.263 e. The van der Waals surface area contributed by atoms with E-state index >= 15 is 0 Å². The highest BCUT2D eigenvalue weighted by atomic mass is 32.1. The number of carbonyl (C=O) groups is 1. The summed E-state index contributed by atoms with van der Waals surface area (Å²) in [6.07, 6.45) is 2.77. The first-order chi connectivity index (χ1) is 9.10. The summed E-state index contributed by atoms with van der Waals surface area (Å²) in [5.41, 5.74) is 1.28. The van der Waals surface area contributed by atoms with Crippen LogP contribution in [0.5, 0.6) is 0 Å². The zero-order chi connectivity index (χ0) is 13.6. The van der Waals surface area contributed by atoms with Crippen molar-refractivity contribution in [2.45, 2.75) is 39.2 Å². The average Bonchev–Trinajstić information content (AvgIpc) is 3.05. The van der Waals surface area contributed by atoms with Crippen LogP contribution < -0.4 is 0 Å². The molecule has 4 heteroatoms. The lowest BCUT2D eigenvalue weighted by Gasteiger charge is -2.17. The fourth-order valence-electron chi connectivity index (χ4n) is 3.53. The third-order valence-electron chi connectivity index (χ3n) is 4.72. The van der Waals surface area contributed by atoms with Gasteiger partial charge in [0.2, 0.25) is 0 Å². The SMILES string of the molecule is CCc1cc(C(=O)N2CC3CCC(O)C3C2)sc1C. The molecule has 3 unspecified atom stereocenters. The number of fused-ring (bicyclic) bond motifs is 1. The summed E-state index contributed by atoms with van der Waals surface area (Å²) in [5.74, 6) is 0.996. The van der Waals surface area contributed by atoms with Crippen LogP contribution in [0.4, 0.5) is 0 Å². The number of aliphatic hydroxyl groups excluding tert-OH is 1. The van der Waals surface area contributed by atoms with Gasteiger partial charge in [0, 0.05) is 23.9 Å². The second-order valence-electron chi connectivity index (χ2n) is 5.82. The minimum atomic E-state index is -0.195. The fraction of sp³-hybridized carbons (Fsp3) is 0.667. The number of amides is 1. The Morgan fingerprint density at radius 2 is 2.26 bits per heavy atom. The van der Waals surface area contributed by atoms with Gasteiger partial charge in [0.15, 0.2) is 0 Å². The summed E-state index contributed by atoms with van der Waals surface area (Å²) < 4.78 is 0. The van der Waals surface area contributed by atoms with E-state index in [9.17, 15) is 9.90 Å². The minimum absolute atomic E-state index is 0.161. The molecule has 0 bridgehead atoms. The van der Waals surface area contributed by atoms with Crippen molar-refractivity contribution in [3.05, 3.63) is 21.4 Å². The molecule has 2 fully saturated rings. The average molecular weight is 279 g/mol. The lowest BCUT2D eigenvalue weighted by molar-refractivity contribution is 0.0757. The van der Waals surface area contributed by atoms with Crippen LogP contribution in [0.15, 0.2) is 6.07 Å². The van der Waals surface area contributed by atoms with E-state index in [1.165, 1.54) is 10.4 Å². The Balaban J connectivity index is 1.74. The van der Waals surface area contributed by atoms with Gasteiger partial charge in [0.1, 0.15) is 0 Å². The monoisotopic (exact) mass is 279 g/mol. The highest BCUT2D eigenvalue weighted by Crippen LogP contribution is 2.39. The van der Waals surface area contributed by atoms with Crippen molar-refractivity contribution in [2.75, 3.05) is 13.1 Å². The summed E-state index contributed by atoms with van der Waals surface area (Å²) >= 11 is 1.61. The third-order valence-corrected chi connectivity index (χ3v) is 5.80. The molecule has 1 aliphatic heterocycles. The van der Waals surface area contributed by atoms with E-state index in [2.05, 4.69) is 13.8 Å². The number of aliphatic hydroxyl groups is 1. The first-order valence-electron chi connectivity index (χ1n) is 7.16. The van der Waals surface area contributed by atoms with Gasteiger partial charge in [0.25, 0.3) is 5.91 Å². The molecule has 1 saturated carbocycles. The molecule has 1 aliphatic carbocycles. The summed E-state index contributed by atoms with van der Waals surface area (Å²) in [7, 11) is 0. The molecule has 1 amide bonds. The molecule has 3 rings (SSSR count). The largest absolute Gasteiger partial charge is 0.393 e. The number of likely N-dealkylation sites (tertiary alicyclic amines) is 1. The summed E-state index contributed by atoms with van der Waals surface area (Å²) in [6.45, 7) is 5.78. The standard InChI is InChI=1S/C15H21NO2S/c1-3-10-6-14(19-9(10)2)15(18)16-7-11-4-5-13(17)12(11)8-16/h6,11-13,17H,3-5,7-8H2,1-2H3. The van der Waals surface area contributed by atoms with Crippen molar-refractivity contribution < 1.29 is 9.90 Å². The Morgan fingerprint density at radius 3 is 2.89 bits per heavy atom. The van der Waals surface area contributed by atoms with Crippen molar-refractivity contribution in [3.8, 4) is 0 Å². The minimum Gasteiger partial charge on any atom is -0.393 e. The zero-order valence-corrected chi connectivity index (χ0v) is 12.4. The van der Waals surface area contributed by atoms with E-state index in [4.69, 9.17) is 0 Å². The Morgan fingerprint density at radius 1 is 1.47 bits per heavy atom. The Hall–Kier alpha value is -0.870. The van der Waals surface area contributed by atoms with Gasteiger partial charge in [-0.15, -0.1) is 11.3 Å². The molecule has 2 aliphatic rings. The van der Waals surface area contributed by atoms with Crippen LogP contribution in [0.2, 0.25) is 0 Å². The Kier molecular flexibility index (Phi) is 3.39. The second kappa shape index (κ2) is 4.91. The van der Waals surface area contributed by atoms with E-state index in [-0.39, 0.29) is 12.0 Å². The number of hydrogen-bond donors (Lipinski definition) is 1. The van der Waals surface area contributed by atoms with Gasteiger partial charge < -0.3 is 10.0 Å². The first kappa shape index (κ1) is 13.1. The number of aryl methyl sites for hydroxylation is 2. The van der Waals surface area contributed by atoms with Gasteiger partial charge in [-0.2, -0.15) is 0 Å². The van der Waals surface area contributed by atoms with E-state index < -0.39 is 0 Å². The summed E-state index contributed by atoms with van der Waals surface area (Å²) in [4.78, 5) is 16.6. The van der Waals surface area contributed by atoms with E-state index in [1.807, 2.05) is 11.0 Å². The molecule has 3 atom stereocenters. The number of nitrogens with zero attached hydrogens (tertiary/aromatic N) is 1. The smallest absolute Gasteiger partial charge is 0.263 e. The lowest BCUT2D eigenvalue weighted by atomic mass is 10.00. The van der Waals surface area contributed by atoms with Crippen LogP contribution in [0, 0.1) is 18.8 Å². The van der Waals surface area contributed by atoms with Crippen LogP contribution in [-0.4, -0.2) is 35.1 Å². The molecule has 2 heterocycles. The van der Waals surface area contributed by atoms with Crippen molar-refractivity contribution >= 4 is 17.2 Å². The highest BCUT2D eigenvalue weighted by molar-refractivity contribution is 7.14. The van der Waals surface area contributed by atoms with Crippen LogP contribution >= 0.6 is 11.3 Å². The molecule has 104 valence electrons. The number of thiophene rings is 1. The zero-order valence-electron chi connectivity index (χ0n) is 11.6. The van der Waals surface area contributed by atoms with Crippen LogP contribution in [0.1, 0.15) is 39.9 Å². The lowest BCUT2D eigenvalue weighted by Crippen LogP contribution is -2.30. The summed E-state index contributed by atoms with van der Waals surface area (Å²) in [5, 5.41) is 9.92. The Bertz CT molecular complexity index is 496. The molecule has 1 N–H and O–H groups in total. The third kappa shape index (κ3) is 2.21. The van der Waals surface area contributed by atoms with Crippen molar-refractivity contribution in [1.82, 2.24) is 4.90 Å². The molecular formula is C15H21NO2S. The molecule has 19 heavy (non-hydrogen) atoms. The molecule has 1 aromatic heterocycles. The Labute approximate surface area is 118 Å². The maximum absolute atomic E-state index is 12.5. The molecule has 0 aromatic carbocycles. The number of carbonyl (C=O) groups excluding carboxylic acids is 1. The van der Waals surface area contributed by atoms with Gasteiger partial charge in [-0.1, -0.05) is 6.92 Å². The van der Waals surface area contributed by atoms with Gasteiger partial charge >= 0.3 is 0 Å². The van der Waals surface area contributed by atoms with Gasteiger partial charge in [-0.25, -0.2) is 0 Å². The predicted molar refractivity (Wildman–Crippen MR) is 76.6 cm³/mol. The molecule has 3 nitrogen and oxygen atoms in total. The normalized spacial score (nSPS) is 29.8. The van der Waals surface area contributed by atoms with Crippen LogP contribution in [-0.2, 0) is 6.42 Å². The van der Waals surface area contributed by atoms with Crippen molar-refractivity contribution in [3.63, 3.8) is 0 Å². The van der Waals surface area contributed by atoms with Gasteiger partial charge in [-0.05, 0) is 43.7 Å². The molecule has 0 radical (unpaired) electrons. The van der Waals surface area contributed by atoms with Crippen molar-refractivity contribution in [2.24, 2.45) is 11.8 Å². The summed E-state index contributed by atoms with van der Waals surface area (Å²) in [6, 6.07) is 2.05. The molecule has 1 aromatic rings. The molecule has 0 spiro atoms. The first-order valence-corrected chi connectivity index (χ1v) is 7.98. The fourth-order valence-corrected chi connectivity index (χ4v) is 4.62. The van der Waals surface area contributed by atoms with Gasteiger partial charge in [0.05, 0.1) is 11.0 Å². The molecule has 1 saturated heterocycles. The predicted octanol–water partition coefficient (Wildman–Crippen LogP) is 2.46. The number of hydrogen-bond acceptors (Lipinski definition) is 3. The molecular weight excluding hydrogens is 258 g/mol. The van der Waals surface area contributed by atoms with Crippen molar-refractivity contribution in [1.29, 1.82) is 0 Å². The quantitative estimate of drug-likeness (QED) is 0.903. The van der Waals surface area contributed by atoms with Crippen LogP contribution in [0.25, 0.3) is 0 Å². The van der Waals surface area contributed by atoms with Gasteiger partial charge in [-0.3, -0.25) is 4.79 Å².